The zero-order valence-electron chi connectivity index (χ0n) is 10.9. The van der Waals surface area contributed by atoms with Crippen molar-refractivity contribution in [1.82, 2.24) is 15.1 Å². The molecule has 1 unspecified atom stereocenters. The Morgan fingerprint density at radius 2 is 2.00 bits per heavy atom. The van der Waals surface area contributed by atoms with Crippen molar-refractivity contribution in [2.75, 3.05) is 46.4 Å². The van der Waals surface area contributed by atoms with Crippen LogP contribution in [0.15, 0.2) is 0 Å². The maximum atomic E-state index is 12.1. The molecule has 2 aliphatic rings. The van der Waals surface area contributed by atoms with Crippen LogP contribution in [-0.2, 0) is 14.3 Å². The summed E-state index contributed by atoms with van der Waals surface area (Å²) >= 11 is 0. The molecule has 0 aromatic rings. The predicted molar refractivity (Wildman–Crippen MR) is 66.1 cm³/mol. The lowest BCUT2D eigenvalue weighted by molar-refractivity contribution is -0.142. The summed E-state index contributed by atoms with van der Waals surface area (Å²) in [4.78, 5) is 27.3. The van der Waals surface area contributed by atoms with Crippen LogP contribution in [0, 0.1) is 0 Å². The van der Waals surface area contributed by atoms with Gasteiger partial charge in [-0.1, -0.05) is 0 Å². The number of hydrogen-bond donors (Lipinski definition) is 1. The molecule has 6 nitrogen and oxygen atoms in total. The maximum Gasteiger partial charge on any atom is 0.251 e. The second-order valence-electron chi connectivity index (χ2n) is 4.78. The second-order valence-corrected chi connectivity index (χ2v) is 4.78. The number of rotatable bonds is 3. The van der Waals surface area contributed by atoms with E-state index < -0.39 is 0 Å². The molecule has 0 spiro atoms. The van der Waals surface area contributed by atoms with E-state index in [0.29, 0.717) is 26.2 Å². The van der Waals surface area contributed by atoms with Crippen LogP contribution >= 0.6 is 0 Å². The molecule has 0 aliphatic carbocycles. The molecule has 2 amide bonds. The first kappa shape index (κ1) is 13.3. The summed E-state index contributed by atoms with van der Waals surface area (Å²) < 4.78 is 5.41. The Morgan fingerprint density at radius 1 is 1.28 bits per heavy atom. The standard InChI is InChI=1S/C12H21N3O3/c1-13-11(16)9-14-4-6-15(7-5-14)12(17)10-3-2-8-18-10/h10H,2-9H2,1H3,(H,13,16). The summed E-state index contributed by atoms with van der Waals surface area (Å²) in [6.07, 6.45) is 1.60. The number of ether oxygens (including phenoxy) is 1. The van der Waals surface area contributed by atoms with E-state index in [9.17, 15) is 9.59 Å². The molecule has 2 heterocycles. The van der Waals surface area contributed by atoms with Crippen molar-refractivity contribution in [3.63, 3.8) is 0 Å². The minimum atomic E-state index is -0.226. The Labute approximate surface area is 107 Å². The fraction of sp³-hybridized carbons (Fsp3) is 0.833. The number of piperazine rings is 1. The lowest BCUT2D eigenvalue weighted by Crippen LogP contribution is -2.52. The highest BCUT2D eigenvalue weighted by Gasteiger charge is 2.30. The molecule has 2 saturated heterocycles. The van der Waals surface area contributed by atoms with Gasteiger partial charge in [-0.05, 0) is 12.8 Å². The van der Waals surface area contributed by atoms with E-state index in [1.165, 1.54) is 0 Å². The molecule has 2 rings (SSSR count). The quantitative estimate of drug-likeness (QED) is 0.707. The van der Waals surface area contributed by atoms with E-state index in [-0.39, 0.29) is 17.9 Å². The van der Waals surface area contributed by atoms with Crippen molar-refractivity contribution in [2.45, 2.75) is 18.9 Å². The Morgan fingerprint density at radius 3 is 2.56 bits per heavy atom. The van der Waals surface area contributed by atoms with E-state index in [1.807, 2.05) is 4.90 Å². The van der Waals surface area contributed by atoms with Gasteiger partial charge in [0.15, 0.2) is 0 Å². The molecule has 0 radical (unpaired) electrons. The smallest absolute Gasteiger partial charge is 0.251 e. The number of likely N-dealkylation sites (N-methyl/N-ethyl adjacent to an activating group) is 1. The summed E-state index contributed by atoms with van der Waals surface area (Å²) in [5, 5.41) is 2.61. The largest absolute Gasteiger partial charge is 0.368 e. The van der Waals surface area contributed by atoms with E-state index in [2.05, 4.69) is 10.2 Å². The van der Waals surface area contributed by atoms with Gasteiger partial charge in [-0.15, -0.1) is 0 Å². The fourth-order valence-electron chi connectivity index (χ4n) is 2.38. The predicted octanol–water partition coefficient (Wildman–Crippen LogP) is -0.944. The maximum absolute atomic E-state index is 12.1. The van der Waals surface area contributed by atoms with Gasteiger partial charge in [0, 0.05) is 39.8 Å². The van der Waals surface area contributed by atoms with Crippen LogP contribution in [0.3, 0.4) is 0 Å². The Kier molecular flexibility index (Phi) is 4.54. The van der Waals surface area contributed by atoms with Crippen molar-refractivity contribution < 1.29 is 14.3 Å². The summed E-state index contributed by atoms with van der Waals surface area (Å²) in [6, 6.07) is 0. The van der Waals surface area contributed by atoms with Gasteiger partial charge in [-0.2, -0.15) is 0 Å². The number of nitrogens with one attached hydrogen (secondary N) is 1. The molecule has 1 atom stereocenters. The van der Waals surface area contributed by atoms with E-state index >= 15 is 0 Å². The SMILES string of the molecule is CNC(=O)CN1CCN(C(=O)C2CCCO2)CC1. The van der Waals surface area contributed by atoms with Crippen molar-refractivity contribution in [1.29, 1.82) is 0 Å². The number of carbonyl (C=O) groups is 2. The molecule has 0 bridgehead atoms. The topological polar surface area (TPSA) is 61.9 Å². The number of carbonyl (C=O) groups excluding carboxylic acids is 2. The monoisotopic (exact) mass is 255 g/mol. The van der Waals surface area contributed by atoms with Crippen LogP contribution in [-0.4, -0.2) is 74.1 Å². The molecule has 18 heavy (non-hydrogen) atoms. The third kappa shape index (κ3) is 3.20. The third-order valence-corrected chi connectivity index (χ3v) is 3.54. The van der Waals surface area contributed by atoms with Gasteiger partial charge in [0.05, 0.1) is 6.54 Å². The highest BCUT2D eigenvalue weighted by molar-refractivity contribution is 5.81. The molecule has 6 heteroatoms. The minimum absolute atomic E-state index is 0.0221. The van der Waals surface area contributed by atoms with Crippen LogP contribution in [0.4, 0.5) is 0 Å². The van der Waals surface area contributed by atoms with Crippen LogP contribution < -0.4 is 5.32 Å². The third-order valence-electron chi connectivity index (χ3n) is 3.54. The van der Waals surface area contributed by atoms with Crippen LogP contribution in [0.1, 0.15) is 12.8 Å². The summed E-state index contributed by atoms with van der Waals surface area (Å²) in [7, 11) is 1.64. The summed E-state index contributed by atoms with van der Waals surface area (Å²) in [5.74, 6) is 0.140. The van der Waals surface area contributed by atoms with Gasteiger partial charge < -0.3 is 15.0 Å². The molecule has 0 saturated carbocycles. The highest BCUT2D eigenvalue weighted by atomic mass is 16.5. The van der Waals surface area contributed by atoms with Crippen molar-refractivity contribution in [3.05, 3.63) is 0 Å². The Hall–Kier alpha value is -1.14. The van der Waals surface area contributed by atoms with Crippen LogP contribution in [0.2, 0.25) is 0 Å². The fourth-order valence-corrected chi connectivity index (χ4v) is 2.38. The number of amides is 2. The zero-order valence-corrected chi connectivity index (χ0v) is 10.9. The molecule has 2 fully saturated rings. The molecule has 0 aromatic carbocycles. The Balaban J connectivity index is 1.75. The average molecular weight is 255 g/mol. The average Bonchev–Trinajstić information content (AvgIpc) is 2.92. The molecular formula is C12H21N3O3. The first-order valence-electron chi connectivity index (χ1n) is 6.54. The highest BCUT2D eigenvalue weighted by Crippen LogP contribution is 2.15. The summed E-state index contributed by atoms with van der Waals surface area (Å²) in [5.41, 5.74) is 0. The Bertz CT molecular complexity index is 308. The van der Waals surface area contributed by atoms with Crippen molar-refractivity contribution in [3.8, 4) is 0 Å². The first-order chi connectivity index (χ1) is 8.70. The van der Waals surface area contributed by atoms with Gasteiger partial charge in [0.1, 0.15) is 6.10 Å². The normalized spacial score (nSPS) is 25.2. The van der Waals surface area contributed by atoms with E-state index in [4.69, 9.17) is 4.74 Å². The summed E-state index contributed by atoms with van der Waals surface area (Å²) in [6.45, 7) is 4.01. The van der Waals surface area contributed by atoms with Crippen molar-refractivity contribution in [2.24, 2.45) is 0 Å². The lowest BCUT2D eigenvalue weighted by Gasteiger charge is -2.35. The van der Waals surface area contributed by atoms with Crippen LogP contribution in [0.25, 0.3) is 0 Å². The molecule has 1 N–H and O–H groups in total. The van der Waals surface area contributed by atoms with Gasteiger partial charge in [0.25, 0.3) is 5.91 Å². The zero-order chi connectivity index (χ0) is 13.0. The van der Waals surface area contributed by atoms with E-state index in [0.717, 1.165) is 25.9 Å². The van der Waals surface area contributed by atoms with Gasteiger partial charge in [-0.25, -0.2) is 0 Å². The molecular weight excluding hydrogens is 234 g/mol. The number of hydrogen-bond acceptors (Lipinski definition) is 4. The van der Waals surface area contributed by atoms with Gasteiger partial charge in [-0.3, -0.25) is 14.5 Å². The minimum Gasteiger partial charge on any atom is -0.368 e. The second kappa shape index (κ2) is 6.15. The molecule has 0 aromatic heterocycles. The van der Waals surface area contributed by atoms with Gasteiger partial charge in [0.2, 0.25) is 5.91 Å². The molecule has 102 valence electrons. The molecule has 2 aliphatic heterocycles. The van der Waals surface area contributed by atoms with Crippen LogP contribution in [0.5, 0.6) is 0 Å². The first-order valence-corrected chi connectivity index (χ1v) is 6.54. The number of nitrogens with zero attached hydrogens (tertiary/aromatic N) is 2. The lowest BCUT2D eigenvalue weighted by atomic mass is 10.2. The van der Waals surface area contributed by atoms with Crippen molar-refractivity contribution >= 4 is 11.8 Å². The van der Waals surface area contributed by atoms with Gasteiger partial charge >= 0.3 is 0 Å². The van der Waals surface area contributed by atoms with E-state index in [1.54, 1.807) is 7.05 Å².